The van der Waals surface area contributed by atoms with Crippen molar-refractivity contribution in [3.63, 3.8) is 0 Å². The minimum Gasteiger partial charge on any atom is -0.398 e. The molecule has 0 bridgehead atoms. The van der Waals surface area contributed by atoms with E-state index < -0.39 is 0 Å². The maximum atomic E-state index is 6.03. The van der Waals surface area contributed by atoms with Gasteiger partial charge in [-0.2, -0.15) is 4.98 Å². The van der Waals surface area contributed by atoms with Gasteiger partial charge in [-0.3, -0.25) is 0 Å². The molecule has 2 aromatic heterocycles. The number of nitrogens with two attached hydrogens (primary N) is 1. The normalized spacial score (nSPS) is 10.7. The lowest BCUT2D eigenvalue weighted by Crippen LogP contribution is -1.94. The number of aryl methyl sites for hydroxylation is 2. The van der Waals surface area contributed by atoms with E-state index in [1.165, 1.54) is 0 Å². The average molecular weight is 267 g/mol. The summed E-state index contributed by atoms with van der Waals surface area (Å²) in [6.45, 7) is 3.74. The molecule has 0 atom stereocenters. The molecule has 2 N–H and O–H groups in total. The smallest absolute Gasteiger partial charge is 0.260 e. The molecular formula is C14H13N5O. The fourth-order valence-corrected chi connectivity index (χ4v) is 1.88. The van der Waals surface area contributed by atoms with Gasteiger partial charge >= 0.3 is 0 Å². The molecular weight excluding hydrogens is 254 g/mol. The van der Waals surface area contributed by atoms with Crippen LogP contribution in [-0.2, 0) is 0 Å². The van der Waals surface area contributed by atoms with Gasteiger partial charge in [0.15, 0.2) is 0 Å². The summed E-state index contributed by atoms with van der Waals surface area (Å²) in [4.78, 5) is 12.6. The van der Waals surface area contributed by atoms with Crippen LogP contribution in [0, 0.1) is 13.8 Å². The van der Waals surface area contributed by atoms with Crippen molar-refractivity contribution in [2.45, 2.75) is 13.8 Å². The first kappa shape index (κ1) is 12.3. The molecule has 3 rings (SSSR count). The molecule has 100 valence electrons. The number of anilines is 1. The lowest BCUT2D eigenvalue weighted by molar-refractivity contribution is 0.432. The molecule has 0 spiro atoms. The van der Waals surface area contributed by atoms with Gasteiger partial charge < -0.3 is 10.3 Å². The highest BCUT2D eigenvalue weighted by Gasteiger charge is 2.14. The largest absolute Gasteiger partial charge is 0.398 e. The SMILES string of the molecule is Cc1nccc(-c2noc(-c3cccc(C)c3N)n2)n1. The zero-order chi connectivity index (χ0) is 14.1. The second kappa shape index (κ2) is 4.73. The van der Waals surface area contributed by atoms with Gasteiger partial charge in [0, 0.05) is 11.9 Å². The number of hydrogen-bond donors (Lipinski definition) is 1. The van der Waals surface area contributed by atoms with E-state index in [1.54, 1.807) is 12.3 Å². The van der Waals surface area contributed by atoms with E-state index in [-0.39, 0.29) is 0 Å². The zero-order valence-corrected chi connectivity index (χ0v) is 11.2. The molecule has 0 aliphatic carbocycles. The summed E-state index contributed by atoms with van der Waals surface area (Å²) in [7, 11) is 0. The van der Waals surface area contributed by atoms with E-state index in [4.69, 9.17) is 10.3 Å². The van der Waals surface area contributed by atoms with Crippen molar-refractivity contribution in [3.8, 4) is 23.0 Å². The van der Waals surface area contributed by atoms with Crippen molar-refractivity contribution in [1.82, 2.24) is 20.1 Å². The Labute approximate surface area is 115 Å². The molecule has 20 heavy (non-hydrogen) atoms. The number of hydrogen-bond acceptors (Lipinski definition) is 6. The molecule has 0 fully saturated rings. The summed E-state index contributed by atoms with van der Waals surface area (Å²) in [5, 5.41) is 3.94. The Morgan fingerprint density at radius 3 is 2.75 bits per heavy atom. The van der Waals surface area contributed by atoms with E-state index in [1.807, 2.05) is 32.0 Å². The topological polar surface area (TPSA) is 90.7 Å². The minimum absolute atomic E-state index is 0.387. The van der Waals surface area contributed by atoms with Gasteiger partial charge in [0.25, 0.3) is 5.89 Å². The van der Waals surface area contributed by atoms with E-state index >= 15 is 0 Å². The third kappa shape index (κ3) is 2.11. The molecule has 6 nitrogen and oxygen atoms in total. The Morgan fingerprint density at radius 1 is 1.10 bits per heavy atom. The fraction of sp³-hybridized carbons (Fsp3) is 0.143. The Hall–Kier alpha value is -2.76. The first-order valence-corrected chi connectivity index (χ1v) is 6.14. The minimum atomic E-state index is 0.387. The highest BCUT2D eigenvalue weighted by molar-refractivity contribution is 5.73. The molecule has 0 amide bonds. The van der Waals surface area contributed by atoms with Crippen LogP contribution in [0.3, 0.4) is 0 Å². The standard InChI is InChI=1S/C14H13N5O/c1-8-4-3-5-10(12(8)15)14-18-13(19-20-14)11-6-7-16-9(2)17-11/h3-7H,15H2,1-2H3. The number of nitrogen functional groups attached to an aromatic ring is 1. The van der Waals surface area contributed by atoms with Crippen LogP contribution in [-0.4, -0.2) is 20.1 Å². The molecule has 3 aromatic rings. The van der Waals surface area contributed by atoms with Crippen molar-refractivity contribution in [1.29, 1.82) is 0 Å². The first-order chi connectivity index (χ1) is 9.65. The van der Waals surface area contributed by atoms with Gasteiger partial charge in [-0.25, -0.2) is 9.97 Å². The predicted molar refractivity (Wildman–Crippen MR) is 74.6 cm³/mol. The van der Waals surface area contributed by atoms with E-state index in [9.17, 15) is 0 Å². The predicted octanol–water partition coefficient (Wildman–Crippen LogP) is 2.39. The van der Waals surface area contributed by atoms with Crippen molar-refractivity contribution in [2.24, 2.45) is 0 Å². The Bertz CT molecular complexity index is 766. The number of rotatable bonds is 2. The molecule has 0 aliphatic rings. The lowest BCUT2D eigenvalue weighted by atomic mass is 10.1. The Morgan fingerprint density at radius 2 is 1.95 bits per heavy atom. The summed E-state index contributed by atoms with van der Waals surface area (Å²) in [6.07, 6.45) is 1.66. The van der Waals surface area contributed by atoms with Crippen LogP contribution >= 0.6 is 0 Å². The zero-order valence-electron chi connectivity index (χ0n) is 11.2. The maximum Gasteiger partial charge on any atom is 0.260 e. The summed E-state index contributed by atoms with van der Waals surface area (Å²) in [6, 6.07) is 7.43. The Balaban J connectivity index is 2.04. The molecule has 0 saturated heterocycles. The second-order valence-electron chi connectivity index (χ2n) is 4.45. The van der Waals surface area contributed by atoms with Crippen LogP contribution in [0.1, 0.15) is 11.4 Å². The van der Waals surface area contributed by atoms with Gasteiger partial charge in [-0.1, -0.05) is 17.3 Å². The lowest BCUT2D eigenvalue weighted by Gasteiger charge is -2.02. The third-order valence-corrected chi connectivity index (χ3v) is 2.99. The molecule has 0 unspecified atom stereocenters. The van der Waals surface area contributed by atoms with Gasteiger partial charge in [-0.05, 0) is 31.5 Å². The molecule has 1 aromatic carbocycles. The Kier molecular flexibility index (Phi) is 2.90. The van der Waals surface area contributed by atoms with Crippen molar-refractivity contribution in [3.05, 3.63) is 41.9 Å². The van der Waals surface area contributed by atoms with Gasteiger partial charge in [0.1, 0.15) is 11.5 Å². The van der Waals surface area contributed by atoms with Crippen molar-refractivity contribution in [2.75, 3.05) is 5.73 Å². The molecule has 2 heterocycles. The second-order valence-corrected chi connectivity index (χ2v) is 4.45. The van der Waals surface area contributed by atoms with E-state index in [0.717, 1.165) is 11.1 Å². The van der Waals surface area contributed by atoms with Crippen LogP contribution < -0.4 is 5.73 Å². The quantitative estimate of drug-likeness (QED) is 0.717. The number of aromatic nitrogens is 4. The summed E-state index contributed by atoms with van der Waals surface area (Å²) < 4.78 is 5.28. The van der Waals surface area contributed by atoms with Crippen LogP contribution in [0.15, 0.2) is 35.0 Å². The van der Waals surface area contributed by atoms with Crippen LogP contribution in [0.5, 0.6) is 0 Å². The number of nitrogens with zero attached hydrogens (tertiary/aromatic N) is 4. The van der Waals surface area contributed by atoms with E-state index in [0.29, 0.717) is 28.9 Å². The van der Waals surface area contributed by atoms with Gasteiger partial charge in [-0.15, -0.1) is 0 Å². The number of para-hydroxylation sites is 1. The third-order valence-electron chi connectivity index (χ3n) is 2.99. The number of benzene rings is 1. The highest BCUT2D eigenvalue weighted by atomic mass is 16.5. The molecule has 0 aliphatic heterocycles. The van der Waals surface area contributed by atoms with Gasteiger partial charge in [0.2, 0.25) is 5.82 Å². The average Bonchev–Trinajstić information content (AvgIpc) is 2.91. The summed E-state index contributed by atoms with van der Waals surface area (Å²) in [5.74, 6) is 1.47. The molecule has 0 radical (unpaired) electrons. The fourth-order valence-electron chi connectivity index (χ4n) is 1.88. The van der Waals surface area contributed by atoms with Gasteiger partial charge in [0.05, 0.1) is 5.56 Å². The molecule has 6 heteroatoms. The summed E-state index contributed by atoms with van der Waals surface area (Å²) >= 11 is 0. The van der Waals surface area contributed by atoms with Crippen molar-refractivity contribution < 1.29 is 4.52 Å². The molecule has 0 saturated carbocycles. The summed E-state index contributed by atoms with van der Waals surface area (Å²) in [5.41, 5.74) is 9.00. The van der Waals surface area contributed by atoms with Crippen LogP contribution in [0.25, 0.3) is 23.0 Å². The van der Waals surface area contributed by atoms with Crippen molar-refractivity contribution >= 4 is 5.69 Å². The van der Waals surface area contributed by atoms with Crippen LogP contribution in [0.2, 0.25) is 0 Å². The maximum absolute atomic E-state index is 6.03. The highest BCUT2D eigenvalue weighted by Crippen LogP contribution is 2.28. The van der Waals surface area contributed by atoms with Crippen LogP contribution in [0.4, 0.5) is 5.69 Å². The van der Waals surface area contributed by atoms with E-state index in [2.05, 4.69) is 20.1 Å². The monoisotopic (exact) mass is 267 g/mol. The first-order valence-electron chi connectivity index (χ1n) is 6.14.